The number of benzene rings is 1. The van der Waals surface area contributed by atoms with Crippen molar-refractivity contribution in [2.24, 2.45) is 0 Å². The number of halogens is 1. The molecule has 0 aliphatic rings. The Kier molecular flexibility index (Phi) is 1.33. The maximum atomic E-state index is 11.0. The summed E-state index contributed by atoms with van der Waals surface area (Å²) in [6.45, 7) is 0. The molecule has 74 valence electrons. The summed E-state index contributed by atoms with van der Waals surface area (Å²) in [5, 5.41) is 3.37. The van der Waals surface area contributed by atoms with Gasteiger partial charge in [-0.25, -0.2) is 8.42 Å². The Balaban J connectivity index is 2.81. The first-order valence-corrected chi connectivity index (χ1v) is 5.97. The summed E-state index contributed by atoms with van der Waals surface area (Å²) in [7, 11) is 1.19. The van der Waals surface area contributed by atoms with Crippen LogP contribution in [-0.2, 0) is 14.8 Å². The summed E-state index contributed by atoms with van der Waals surface area (Å²) < 4.78 is 56.9. The minimum atomic E-state index is -3.89. The van der Waals surface area contributed by atoms with E-state index >= 15 is 0 Å². The van der Waals surface area contributed by atoms with E-state index in [9.17, 15) is 8.42 Å². The monoisotopic (exact) mass is 235 g/mol. The van der Waals surface area contributed by atoms with Crippen molar-refractivity contribution < 1.29 is 18.4 Å². The average Bonchev–Trinajstić information content (AvgIpc) is 2.65. The third-order valence-corrected chi connectivity index (χ3v) is 2.44. The molecule has 0 N–H and O–H groups in total. The third-order valence-electron chi connectivity index (χ3n) is 1.50. The normalized spacial score (nSPS) is 16.1. The Morgan fingerprint density at radius 1 is 1.50 bits per heavy atom. The second kappa shape index (κ2) is 3.25. The maximum absolute atomic E-state index is 11.0. The van der Waals surface area contributed by atoms with E-state index < -0.39 is 39.0 Å². The van der Waals surface area contributed by atoms with E-state index in [0.29, 0.717) is 0 Å². The summed E-state index contributed by atoms with van der Waals surface area (Å²) in [4.78, 5) is 0. The van der Waals surface area contributed by atoms with Crippen molar-refractivity contribution in [1.29, 1.82) is 0 Å². The van der Waals surface area contributed by atoms with Crippen LogP contribution in [0.3, 0.4) is 0 Å². The van der Waals surface area contributed by atoms with Crippen molar-refractivity contribution in [3.8, 4) is 0 Å². The molecule has 2 aromatic rings. The van der Waals surface area contributed by atoms with Crippen LogP contribution in [0.5, 0.6) is 0 Å². The van der Waals surface area contributed by atoms with Crippen LogP contribution in [-0.4, -0.2) is 13.6 Å². The van der Waals surface area contributed by atoms with Gasteiger partial charge < -0.3 is 4.52 Å². The third kappa shape index (κ3) is 1.88. The molecule has 0 saturated carbocycles. The number of fused-ring (bicyclic) bond motifs is 1. The van der Waals surface area contributed by atoms with Gasteiger partial charge in [-0.2, -0.15) is 0 Å². The van der Waals surface area contributed by atoms with E-state index in [4.69, 9.17) is 20.7 Å². The standard InChI is InChI=1S/C8H6ClNO3S/c9-14(11,12)5-7-6-3-1-2-4-8(6)13-10-7/h1-4H,5H2/i1D,2D,3D,4D. The van der Waals surface area contributed by atoms with Crippen molar-refractivity contribution in [3.63, 3.8) is 0 Å². The van der Waals surface area contributed by atoms with Gasteiger partial charge in [0.2, 0.25) is 9.05 Å². The molecule has 0 unspecified atom stereocenters. The molecule has 0 aliphatic heterocycles. The Morgan fingerprint density at radius 2 is 2.21 bits per heavy atom. The molecule has 0 bridgehead atoms. The molecule has 1 aromatic heterocycles. The maximum Gasteiger partial charge on any atom is 0.238 e. The van der Waals surface area contributed by atoms with E-state index in [2.05, 4.69) is 5.16 Å². The molecule has 1 aromatic carbocycles. The molecule has 4 nitrogen and oxygen atoms in total. The van der Waals surface area contributed by atoms with Crippen LogP contribution in [0.25, 0.3) is 11.0 Å². The van der Waals surface area contributed by atoms with Crippen LogP contribution in [0.1, 0.15) is 11.2 Å². The zero-order valence-electron chi connectivity index (χ0n) is 10.7. The predicted molar refractivity (Wildman–Crippen MR) is 52.5 cm³/mol. The summed E-state index contributed by atoms with van der Waals surface area (Å²) in [5.74, 6) is -0.663. The van der Waals surface area contributed by atoms with Crippen molar-refractivity contribution in [3.05, 3.63) is 29.9 Å². The highest BCUT2D eigenvalue weighted by atomic mass is 35.7. The van der Waals surface area contributed by atoms with Gasteiger partial charge in [-0.1, -0.05) is 17.2 Å². The van der Waals surface area contributed by atoms with Crippen molar-refractivity contribution in [2.45, 2.75) is 5.75 Å². The average molecular weight is 236 g/mol. The van der Waals surface area contributed by atoms with Gasteiger partial charge in [-0.15, -0.1) is 0 Å². The minimum Gasteiger partial charge on any atom is -0.356 e. The number of para-hydroxylation sites is 1. The molecule has 2 rings (SSSR count). The molecule has 0 spiro atoms. The van der Waals surface area contributed by atoms with E-state index in [1.54, 1.807) is 0 Å². The van der Waals surface area contributed by atoms with E-state index in [0.717, 1.165) is 0 Å². The number of nitrogens with zero attached hydrogens (tertiary/aromatic N) is 1. The number of rotatable bonds is 2. The smallest absolute Gasteiger partial charge is 0.238 e. The Morgan fingerprint density at radius 3 is 2.93 bits per heavy atom. The van der Waals surface area contributed by atoms with Gasteiger partial charge in [0.25, 0.3) is 0 Å². The Bertz CT molecular complexity index is 743. The molecule has 0 saturated heterocycles. The predicted octanol–water partition coefficient (Wildman–Crippen LogP) is 1.90. The molecule has 1 heterocycles. The van der Waals surface area contributed by atoms with Gasteiger partial charge in [0.1, 0.15) is 11.4 Å². The van der Waals surface area contributed by atoms with Gasteiger partial charge in [-0.05, 0) is 12.1 Å². The van der Waals surface area contributed by atoms with Gasteiger partial charge in [0.15, 0.2) is 5.58 Å². The van der Waals surface area contributed by atoms with Gasteiger partial charge in [-0.3, -0.25) is 0 Å². The lowest BCUT2D eigenvalue weighted by molar-refractivity contribution is 0.449. The number of aromatic nitrogens is 1. The van der Waals surface area contributed by atoms with Crippen LogP contribution in [0.2, 0.25) is 0 Å². The highest BCUT2D eigenvalue weighted by Gasteiger charge is 2.14. The van der Waals surface area contributed by atoms with Crippen LogP contribution >= 0.6 is 10.7 Å². The minimum absolute atomic E-state index is 0.0646. The molecule has 0 radical (unpaired) electrons. The van der Waals surface area contributed by atoms with Crippen LogP contribution in [0.4, 0.5) is 0 Å². The Hall–Kier alpha value is -1.07. The molecule has 0 atom stereocenters. The van der Waals surface area contributed by atoms with Crippen LogP contribution < -0.4 is 0 Å². The number of hydrogen-bond donors (Lipinski definition) is 0. The van der Waals surface area contributed by atoms with Crippen molar-refractivity contribution in [2.75, 3.05) is 0 Å². The highest BCUT2D eigenvalue weighted by molar-refractivity contribution is 8.13. The first kappa shape index (κ1) is 5.72. The quantitative estimate of drug-likeness (QED) is 0.746. The number of hydrogen-bond acceptors (Lipinski definition) is 4. The largest absolute Gasteiger partial charge is 0.356 e. The zero-order chi connectivity index (χ0) is 13.7. The fourth-order valence-electron chi connectivity index (χ4n) is 0.981. The molecule has 0 aliphatic carbocycles. The molecule has 0 fully saturated rings. The van der Waals surface area contributed by atoms with Crippen LogP contribution in [0, 0.1) is 0 Å². The van der Waals surface area contributed by atoms with E-state index in [-0.39, 0.29) is 16.7 Å². The van der Waals surface area contributed by atoms with Gasteiger partial charge in [0, 0.05) is 16.1 Å². The lowest BCUT2D eigenvalue weighted by Gasteiger charge is -1.90. The first-order chi connectivity index (χ1) is 8.22. The van der Waals surface area contributed by atoms with E-state index in [1.807, 2.05) is 0 Å². The fraction of sp³-hybridized carbons (Fsp3) is 0.125. The van der Waals surface area contributed by atoms with Crippen molar-refractivity contribution in [1.82, 2.24) is 5.16 Å². The molecule has 0 amide bonds. The van der Waals surface area contributed by atoms with Crippen molar-refractivity contribution >= 4 is 30.7 Å². The molecule has 14 heavy (non-hydrogen) atoms. The summed E-state index contributed by atoms with van der Waals surface area (Å²) in [5.41, 5.74) is -0.316. The van der Waals surface area contributed by atoms with E-state index in [1.165, 1.54) is 0 Å². The zero-order valence-corrected chi connectivity index (χ0v) is 8.24. The Labute approximate surface area is 90.5 Å². The second-order valence-corrected chi connectivity index (χ2v) is 5.29. The molecular formula is C8H6ClNO3S. The lowest BCUT2D eigenvalue weighted by Crippen LogP contribution is -1.95. The van der Waals surface area contributed by atoms with Gasteiger partial charge in [0.05, 0.1) is 5.48 Å². The fourth-order valence-corrected chi connectivity index (χ4v) is 1.81. The topological polar surface area (TPSA) is 60.2 Å². The summed E-state index contributed by atoms with van der Waals surface area (Å²) in [6, 6.07) is -1.76. The highest BCUT2D eigenvalue weighted by Crippen LogP contribution is 2.20. The SMILES string of the molecule is [2H]c1c([2H])c([2H])c2c(CS(=O)(=O)Cl)noc2c1[2H]. The molecular weight excluding hydrogens is 226 g/mol. The second-order valence-electron chi connectivity index (χ2n) is 2.52. The summed E-state index contributed by atoms with van der Waals surface area (Å²) >= 11 is 0. The summed E-state index contributed by atoms with van der Waals surface area (Å²) in [6.07, 6.45) is 0. The lowest BCUT2D eigenvalue weighted by atomic mass is 10.2. The molecule has 6 heteroatoms. The first-order valence-electron chi connectivity index (χ1n) is 5.49. The van der Waals surface area contributed by atoms with Crippen LogP contribution in [0.15, 0.2) is 28.7 Å². The van der Waals surface area contributed by atoms with Gasteiger partial charge >= 0.3 is 0 Å².